The van der Waals surface area contributed by atoms with Crippen LogP contribution in [0.4, 0.5) is 11.4 Å². The van der Waals surface area contributed by atoms with Gasteiger partial charge in [-0.2, -0.15) is 5.26 Å². The van der Waals surface area contributed by atoms with Crippen LogP contribution in [-0.2, 0) is 11.2 Å². The van der Waals surface area contributed by atoms with Crippen molar-refractivity contribution in [3.63, 3.8) is 0 Å². The minimum atomic E-state index is 0.00994. The number of nitrogens with zero attached hydrogens (tertiary/aromatic N) is 1. The van der Waals surface area contributed by atoms with Gasteiger partial charge in [-0.05, 0) is 36.1 Å². The molecule has 2 rings (SSSR count). The number of benzene rings is 1. The highest BCUT2D eigenvalue weighted by Crippen LogP contribution is 2.26. The zero-order valence-electron chi connectivity index (χ0n) is 11.4. The van der Waals surface area contributed by atoms with Crippen molar-refractivity contribution in [2.75, 3.05) is 17.2 Å². The maximum Gasteiger partial charge on any atom is 0.224 e. The zero-order valence-corrected chi connectivity index (χ0v) is 11.4. The molecule has 0 aromatic heterocycles. The Morgan fingerprint density at radius 3 is 2.89 bits per heavy atom. The summed E-state index contributed by atoms with van der Waals surface area (Å²) >= 11 is 0. The van der Waals surface area contributed by atoms with Crippen LogP contribution in [0.25, 0.3) is 0 Å². The second kappa shape index (κ2) is 5.75. The summed E-state index contributed by atoms with van der Waals surface area (Å²) in [4.78, 5) is 11.3. The number of amides is 1. The molecule has 1 aliphatic rings. The van der Waals surface area contributed by atoms with Gasteiger partial charge < -0.3 is 10.6 Å². The summed E-state index contributed by atoms with van der Waals surface area (Å²) in [5.74, 6) is 0.433. The fourth-order valence-corrected chi connectivity index (χ4v) is 2.15. The largest absolute Gasteiger partial charge is 0.384 e. The van der Waals surface area contributed by atoms with Crippen molar-refractivity contribution in [3.8, 4) is 6.07 Å². The molecule has 4 nitrogen and oxygen atoms in total. The summed E-state index contributed by atoms with van der Waals surface area (Å²) in [6.45, 7) is 4.76. The molecule has 0 fully saturated rings. The SMILES string of the molecule is CC(C)C(C#N)CNc1ccc2c(c1)CCC(=O)N2. The third-order valence-electron chi connectivity index (χ3n) is 3.50. The van der Waals surface area contributed by atoms with Gasteiger partial charge in [0.15, 0.2) is 0 Å². The average molecular weight is 257 g/mol. The number of anilines is 2. The molecule has 1 aliphatic heterocycles. The summed E-state index contributed by atoms with van der Waals surface area (Å²) in [7, 11) is 0. The molecule has 1 aromatic rings. The Morgan fingerprint density at radius 1 is 1.42 bits per heavy atom. The van der Waals surface area contributed by atoms with Crippen LogP contribution in [-0.4, -0.2) is 12.5 Å². The zero-order chi connectivity index (χ0) is 13.8. The predicted octanol–water partition coefficient (Wildman–Crippen LogP) is 2.78. The van der Waals surface area contributed by atoms with Crippen molar-refractivity contribution in [2.24, 2.45) is 11.8 Å². The van der Waals surface area contributed by atoms with Crippen molar-refractivity contribution in [1.29, 1.82) is 5.26 Å². The van der Waals surface area contributed by atoms with Gasteiger partial charge in [-0.25, -0.2) is 0 Å². The molecule has 1 unspecified atom stereocenters. The Balaban J connectivity index is 2.03. The van der Waals surface area contributed by atoms with E-state index in [9.17, 15) is 4.79 Å². The van der Waals surface area contributed by atoms with Crippen LogP contribution in [0.2, 0.25) is 0 Å². The summed E-state index contributed by atoms with van der Waals surface area (Å²) in [5, 5.41) is 15.2. The first-order valence-corrected chi connectivity index (χ1v) is 6.66. The van der Waals surface area contributed by atoms with E-state index in [1.165, 1.54) is 0 Å². The van der Waals surface area contributed by atoms with Crippen LogP contribution >= 0.6 is 0 Å². The minimum absolute atomic E-state index is 0.00994. The first kappa shape index (κ1) is 13.4. The third-order valence-corrected chi connectivity index (χ3v) is 3.50. The first-order valence-electron chi connectivity index (χ1n) is 6.66. The maximum atomic E-state index is 11.3. The molecule has 0 saturated heterocycles. The number of nitrogens with one attached hydrogen (secondary N) is 2. The number of aryl methyl sites for hydroxylation is 1. The normalized spacial score (nSPS) is 15.4. The molecule has 4 heteroatoms. The first-order chi connectivity index (χ1) is 9.10. The van der Waals surface area contributed by atoms with E-state index in [0.717, 1.165) is 23.4 Å². The number of carbonyl (C=O) groups is 1. The summed E-state index contributed by atoms with van der Waals surface area (Å²) < 4.78 is 0. The second-order valence-electron chi connectivity index (χ2n) is 5.28. The Labute approximate surface area is 113 Å². The predicted molar refractivity (Wildman–Crippen MR) is 75.8 cm³/mol. The highest BCUT2D eigenvalue weighted by atomic mass is 16.1. The molecule has 2 N–H and O–H groups in total. The Hall–Kier alpha value is -2.02. The smallest absolute Gasteiger partial charge is 0.224 e. The second-order valence-corrected chi connectivity index (χ2v) is 5.28. The van der Waals surface area contributed by atoms with Crippen molar-refractivity contribution in [1.82, 2.24) is 0 Å². The average Bonchev–Trinajstić information content (AvgIpc) is 2.39. The van der Waals surface area contributed by atoms with Crippen LogP contribution < -0.4 is 10.6 Å². The summed E-state index contributed by atoms with van der Waals surface area (Å²) in [5.41, 5.74) is 3.07. The number of hydrogen-bond acceptors (Lipinski definition) is 3. The van der Waals surface area contributed by atoms with Gasteiger partial charge in [0.1, 0.15) is 0 Å². The molecule has 0 aliphatic carbocycles. The van der Waals surface area contributed by atoms with Gasteiger partial charge in [0.05, 0.1) is 12.0 Å². The Morgan fingerprint density at radius 2 is 2.21 bits per heavy atom. The van der Waals surface area contributed by atoms with Gasteiger partial charge in [0.25, 0.3) is 0 Å². The molecule has 1 amide bonds. The van der Waals surface area contributed by atoms with Crippen molar-refractivity contribution >= 4 is 17.3 Å². The molecule has 19 heavy (non-hydrogen) atoms. The van der Waals surface area contributed by atoms with Gasteiger partial charge in [-0.1, -0.05) is 13.8 Å². The van der Waals surface area contributed by atoms with E-state index in [0.29, 0.717) is 18.9 Å². The fraction of sp³-hybridized carbons (Fsp3) is 0.467. The lowest BCUT2D eigenvalue weighted by atomic mass is 9.97. The highest BCUT2D eigenvalue weighted by molar-refractivity contribution is 5.94. The van der Waals surface area contributed by atoms with Gasteiger partial charge in [-0.3, -0.25) is 4.79 Å². The molecule has 1 atom stereocenters. The molecule has 100 valence electrons. The van der Waals surface area contributed by atoms with Crippen LogP contribution in [0, 0.1) is 23.2 Å². The highest BCUT2D eigenvalue weighted by Gasteiger charge is 2.15. The lowest BCUT2D eigenvalue weighted by Crippen LogP contribution is -2.20. The lowest BCUT2D eigenvalue weighted by Gasteiger charge is -2.19. The number of carbonyl (C=O) groups excluding carboxylic acids is 1. The molecule has 0 bridgehead atoms. The Bertz CT molecular complexity index is 517. The van der Waals surface area contributed by atoms with E-state index in [1.54, 1.807) is 0 Å². The van der Waals surface area contributed by atoms with Crippen LogP contribution in [0.3, 0.4) is 0 Å². The van der Waals surface area contributed by atoms with Crippen molar-refractivity contribution in [3.05, 3.63) is 23.8 Å². The molecular formula is C15H19N3O. The number of hydrogen-bond donors (Lipinski definition) is 2. The molecular weight excluding hydrogens is 238 g/mol. The van der Waals surface area contributed by atoms with Crippen molar-refractivity contribution < 1.29 is 4.79 Å². The minimum Gasteiger partial charge on any atom is -0.384 e. The van der Waals surface area contributed by atoms with E-state index in [4.69, 9.17) is 5.26 Å². The monoisotopic (exact) mass is 257 g/mol. The summed E-state index contributed by atoms with van der Waals surface area (Å²) in [6.07, 6.45) is 1.33. The van der Waals surface area contributed by atoms with E-state index in [1.807, 2.05) is 12.1 Å². The lowest BCUT2D eigenvalue weighted by molar-refractivity contribution is -0.116. The van der Waals surface area contributed by atoms with E-state index in [2.05, 4.69) is 36.6 Å². The van der Waals surface area contributed by atoms with Gasteiger partial charge >= 0.3 is 0 Å². The Kier molecular flexibility index (Phi) is 4.06. The summed E-state index contributed by atoms with van der Waals surface area (Å²) in [6, 6.07) is 8.25. The third kappa shape index (κ3) is 3.25. The molecule has 0 spiro atoms. The van der Waals surface area contributed by atoms with Crippen LogP contribution in [0.5, 0.6) is 0 Å². The maximum absolute atomic E-state index is 11.3. The van der Waals surface area contributed by atoms with E-state index in [-0.39, 0.29) is 11.8 Å². The topological polar surface area (TPSA) is 64.9 Å². The van der Waals surface area contributed by atoms with Gasteiger partial charge in [0.2, 0.25) is 5.91 Å². The van der Waals surface area contributed by atoms with E-state index >= 15 is 0 Å². The fourth-order valence-electron chi connectivity index (χ4n) is 2.15. The quantitative estimate of drug-likeness (QED) is 0.871. The molecule has 1 aromatic carbocycles. The van der Waals surface area contributed by atoms with E-state index < -0.39 is 0 Å². The number of nitriles is 1. The standard InChI is InChI=1S/C15H19N3O/c1-10(2)12(8-16)9-17-13-4-5-14-11(7-13)3-6-15(19)18-14/h4-5,7,10,12,17H,3,6,9H2,1-2H3,(H,18,19). The number of fused-ring (bicyclic) bond motifs is 1. The van der Waals surface area contributed by atoms with Gasteiger partial charge in [-0.15, -0.1) is 0 Å². The molecule has 1 heterocycles. The molecule has 0 radical (unpaired) electrons. The van der Waals surface area contributed by atoms with Crippen molar-refractivity contribution in [2.45, 2.75) is 26.7 Å². The van der Waals surface area contributed by atoms with Crippen LogP contribution in [0.1, 0.15) is 25.8 Å². The van der Waals surface area contributed by atoms with Crippen LogP contribution in [0.15, 0.2) is 18.2 Å². The van der Waals surface area contributed by atoms with Gasteiger partial charge in [0, 0.05) is 24.3 Å². The molecule has 0 saturated carbocycles. The number of rotatable bonds is 4.